The second-order valence-electron chi connectivity index (χ2n) is 6.09. The van der Waals surface area contributed by atoms with Crippen LogP contribution in [0.1, 0.15) is 6.42 Å². The number of amides is 2. The van der Waals surface area contributed by atoms with Crippen molar-refractivity contribution in [3.8, 4) is 5.75 Å². The zero-order chi connectivity index (χ0) is 18.2. The topological polar surface area (TPSA) is 82.1 Å². The summed E-state index contributed by atoms with van der Waals surface area (Å²) in [5.41, 5.74) is 0. The number of ether oxygens (including phenoxy) is 1. The number of rotatable bonds is 8. The minimum Gasteiger partial charge on any atom is -0.492 e. The maximum atomic E-state index is 11.4. The summed E-state index contributed by atoms with van der Waals surface area (Å²) in [5.74, 6) is 0.715. The second kappa shape index (κ2) is 9.48. The number of likely N-dealkylation sites (N-methyl/N-ethyl adjacent to an activating group) is 1. The van der Waals surface area contributed by atoms with Gasteiger partial charge in [0.25, 0.3) is 0 Å². The minimum atomic E-state index is -1.06. The second-order valence-corrected chi connectivity index (χ2v) is 6.53. The molecule has 0 saturated carbocycles. The molecule has 0 aliphatic carbocycles. The molecule has 138 valence electrons. The molecular weight excluding hydrogens is 346 g/mol. The molecule has 25 heavy (non-hydrogen) atoms. The van der Waals surface area contributed by atoms with Gasteiger partial charge in [-0.2, -0.15) is 0 Å². The predicted octanol–water partition coefficient (Wildman–Crippen LogP) is 1.77. The van der Waals surface area contributed by atoms with Crippen molar-refractivity contribution >= 4 is 23.6 Å². The summed E-state index contributed by atoms with van der Waals surface area (Å²) in [6.07, 6.45) is -0.147. The van der Waals surface area contributed by atoms with Gasteiger partial charge in [-0.3, -0.25) is 14.6 Å². The van der Waals surface area contributed by atoms with Crippen LogP contribution in [0.5, 0.6) is 5.75 Å². The van der Waals surface area contributed by atoms with Crippen LogP contribution in [-0.2, 0) is 4.79 Å². The quantitative estimate of drug-likeness (QED) is 0.729. The van der Waals surface area contributed by atoms with Crippen molar-refractivity contribution in [3.05, 3.63) is 29.3 Å². The summed E-state index contributed by atoms with van der Waals surface area (Å²) in [6, 6.07) is 7.24. The first-order chi connectivity index (χ1) is 12.0. The Kier molecular flexibility index (Phi) is 7.33. The molecule has 1 saturated heterocycles. The lowest BCUT2D eigenvalue weighted by Crippen LogP contribution is -2.42. The largest absolute Gasteiger partial charge is 0.492 e. The Labute approximate surface area is 152 Å². The number of halogens is 1. The SMILES string of the molecule is CNC(=O)CN(CC1CCN(CCOc2ccc(Cl)cc2)C1)C(=O)O. The van der Waals surface area contributed by atoms with Gasteiger partial charge in [0.1, 0.15) is 18.9 Å². The molecular formula is C17H24ClN3O4. The van der Waals surface area contributed by atoms with Gasteiger partial charge in [0.05, 0.1) is 0 Å². The Balaban J connectivity index is 1.72. The van der Waals surface area contributed by atoms with E-state index in [1.165, 1.54) is 11.9 Å². The molecule has 8 heteroatoms. The van der Waals surface area contributed by atoms with Crippen LogP contribution in [0.25, 0.3) is 0 Å². The van der Waals surface area contributed by atoms with Gasteiger partial charge in [-0.1, -0.05) is 11.6 Å². The van der Waals surface area contributed by atoms with Crippen LogP contribution in [0.15, 0.2) is 24.3 Å². The Hall–Kier alpha value is -1.99. The molecule has 2 amide bonds. The van der Waals surface area contributed by atoms with Crippen LogP contribution < -0.4 is 10.1 Å². The lowest BCUT2D eigenvalue weighted by Gasteiger charge is -2.22. The van der Waals surface area contributed by atoms with Crippen molar-refractivity contribution in [1.82, 2.24) is 15.1 Å². The molecule has 0 radical (unpaired) electrons. The highest BCUT2D eigenvalue weighted by Crippen LogP contribution is 2.18. The van der Waals surface area contributed by atoms with E-state index in [0.717, 1.165) is 31.8 Å². The van der Waals surface area contributed by atoms with Crippen LogP contribution >= 0.6 is 11.6 Å². The van der Waals surface area contributed by atoms with Crippen molar-refractivity contribution in [2.45, 2.75) is 6.42 Å². The standard InChI is InChI=1S/C17H24ClN3O4/c1-19-16(22)12-21(17(23)24)11-13-6-7-20(10-13)8-9-25-15-4-2-14(18)3-5-15/h2-5,13H,6-12H2,1H3,(H,19,22)(H,23,24). The lowest BCUT2D eigenvalue weighted by atomic mass is 10.1. The number of hydrogen-bond donors (Lipinski definition) is 2. The van der Waals surface area contributed by atoms with Gasteiger partial charge in [-0.15, -0.1) is 0 Å². The highest BCUT2D eigenvalue weighted by molar-refractivity contribution is 6.30. The molecule has 1 aromatic rings. The summed E-state index contributed by atoms with van der Waals surface area (Å²) in [5, 5.41) is 12.4. The molecule has 2 N–H and O–H groups in total. The molecule has 1 atom stereocenters. The van der Waals surface area contributed by atoms with Gasteiger partial charge in [-0.05, 0) is 43.1 Å². The van der Waals surface area contributed by atoms with Gasteiger partial charge in [-0.25, -0.2) is 4.79 Å². The van der Waals surface area contributed by atoms with Crippen LogP contribution in [0.4, 0.5) is 4.79 Å². The maximum Gasteiger partial charge on any atom is 0.407 e. The normalized spacial score (nSPS) is 17.3. The third-order valence-corrected chi connectivity index (χ3v) is 4.47. The van der Waals surface area contributed by atoms with Gasteiger partial charge in [0.15, 0.2) is 0 Å². The average molecular weight is 370 g/mol. The van der Waals surface area contributed by atoms with Gasteiger partial charge in [0.2, 0.25) is 5.91 Å². The Bertz CT molecular complexity index is 582. The minimum absolute atomic E-state index is 0.123. The Morgan fingerprint density at radius 2 is 2.12 bits per heavy atom. The number of benzene rings is 1. The molecule has 0 aromatic heterocycles. The number of likely N-dealkylation sites (tertiary alicyclic amines) is 1. The van der Waals surface area contributed by atoms with Gasteiger partial charge < -0.3 is 15.2 Å². The molecule has 1 aromatic carbocycles. The zero-order valence-corrected chi connectivity index (χ0v) is 15.0. The van der Waals surface area contributed by atoms with Crippen molar-refractivity contribution in [2.75, 3.05) is 46.4 Å². The van der Waals surface area contributed by atoms with Crippen molar-refractivity contribution < 1.29 is 19.4 Å². The average Bonchev–Trinajstić information content (AvgIpc) is 3.03. The van der Waals surface area contributed by atoms with Crippen molar-refractivity contribution in [2.24, 2.45) is 5.92 Å². The summed E-state index contributed by atoms with van der Waals surface area (Å²) in [6.45, 7) is 3.31. The first kappa shape index (κ1) is 19.3. The van der Waals surface area contributed by atoms with E-state index in [4.69, 9.17) is 16.3 Å². The third-order valence-electron chi connectivity index (χ3n) is 4.22. The molecule has 1 heterocycles. The molecule has 1 aliphatic heterocycles. The fraction of sp³-hybridized carbons (Fsp3) is 0.529. The summed E-state index contributed by atoms with van der Waals surface area (Å²) in [4.78, 5) is 26.1. The zero-order valence-electron chi connectivity index (χ0n) is 14.3. The number of nitrogens with zero attached hydrogens (tertiary/aromatic N) is 2. The van der Waals surface area contributed by atoms with Crippen LogP contribution in [0.3, 0.4) is 0 Å². The van der Waals surface area contributed by atoms with E-state index in [2.05, 4.69) is 10.2 Å². The first-order valence-electron chi connectivity index (χ1n) is 8.27. The Morgan fingerprint density at radius 3 is 2.76 bits per heavy atom. The Morgan fingerprint density at radius 1 is 1.40 bits per heavy atom. The monoisotopic (exact) mass is 369 g/mol. The molecule has 1 unspecified atom stereocenters. The number of hydrogen-bond acceptors (Lipinski definition) is 4. The predicted molar refractivity (Wildman–Crippen MR) is 95.2 cm³/mol. The van der Waals surface area contributed by atoms with Crippen LogP contribution in [0.2, 0.25) is 5.02 Å². The summed E-state index contributed by atoms with van der Waals surface area (Å²) >= 11 is 5.84. The van der Waals surface area contributed by atoms with E-state index in [9.17, 15) is 14.7 Å². The maximum absolute atomic E-state index is 11.4. The highest BCUT2D eigenvalue weighted by atomic mass is 35.5. The van der Waals surface area contributed by atoms with E-state index in [0.29, 0.717) is 18.2 Å². The first-order valence-corrected chi connectivity index (χ1v) is 8.65. The van der Waals surface area contributed by atoms with E-state index < -0.39 is 6.09 Å². The van der Waals surface area contributed by atoms with E-state index in [-0.39, 0.29) is 18.4 Å². The fourth-order valence-corrected chi connectivity index (χ4v) is 2.99. The van der Waals surface area contributed by atoms with Crippen molar-refractivity contribution in [3.63, 3.8) is 0 Å². The number of carbonyl (C=O) groups excluding carboxylic acids is 1. The number of nitrogens with one attached hydrogen (secondary N) is 1. The van der Waals surface area contributed by atoms with Crippen LogP contribution in [-0.4, -0.2) is 73.3 Å². The molecule has 7 nitrogen and oxygen atoms in total. The van der Waals surface area contributed by atoms with E-state index in [1.807, 2.05) is 12.1 Å². The van der Waals surface area contributed by atoms with E-state index in [1.54, 1.807) is 12.1 Å². The van der Waals surface area contributed by atoms with E-state index >= 15 is 0 Å². The molecule has 2 rings (SSSR count). The highest BCUT2D eigenvalue weighted by Gasteiger charge is 2.26. The third kappa shape index (κ3) is 6.43. The van der Waals surface area contributed by atoms with Crippen molar-refractivity contribution in [1.29, 1.82) is 0 Å². The lowest BCUT2D eigenvalue weighted by molar-refractivity contribution is -0.121. The summed E-state index contributed by atoms with van der Waals surface area (Å²) < 4.78 is 5.69. The molecule has 1 aliphatic rings. The molecule has 1 fully saturated rings. The summed E-state index contributed by atoms with van der Waals surface area (Å²) in [7, 11) is 1.50. The fourth-order valence-electron chi connectivity index (χ4n) is 2.86. The number of carbonyl (C=O) groups is 2. The van der Waals surface area contributed by atoms with Gasteiger partial charge in [0, 0.05) is 31.7 Å². The van der Waals surface area contributed by atoms with Crippen LogP contribution in [0, 0.1) is 5.92 Å². The smallest absolute Gasteiger partial charge is 0.407 e. The molecule has 0 bridgehead atoms. The van der Waals surface area contributed by atoms with Gasteiger partial charge >= 0.3 is 6.09 Å². The number of carboxylic acid groups (broad SMARTS) is 1. The molecule has 0 spiro atoms.